The Bertz CT molecular complexity index is 893. The number of aryl methyl sites for hydroxylation is 1. The maximum atomic E-state index is 4.87. The molecule has 3 rings (SSSR count). The highest BCUT2D eigenvalue weighted by Gasteiger charge is 2.41. The number of hydrogen-bond acceptors (Lipinski definition) is 8. The molecule has 8 heteroatoms. The van der Waals surface area contributed by atoms with E-state index in [0.29, 0.717) is 18.0 Å². The molecule has 0 aromatic carbocycles. The van der Waals surface area contributed by atoms with Crippen molar-refractivity contribution in [2.45, 2.75) is 155 Å². The molecular weight excluding hydrogens is 484 g/mol. The van der Waals surface area contributed by atoms with E-state index in [1.165, 1.54) is 38.6 Å². The van der Waals surface area contributed by atoms with E-state index < -0.39 is 0 Å². The van der Waals surface area contributed by atoms with Crippen LogP contribution in [-0.2, 0) is 0 Å². The van der Waals surface area contributed by atoms with Gasteiger partial charge in [-0.2, -0.15) is 15.0 Å². The van der Waals surface area contributed by atoms with E-state index >= 15 is 0 Å². The number of hydrogen-bond donors (Lipinski definition) is 3. The Morgan fingerprint density at radius 2 is 1.21 bits per heavy atom. The zero-order valence-corrected chi connectivity index (χ0v) is 27.2. The zero-order valence-electron chi connectivity index (χ0n) is 27.2. The smallest absolute Gasteiger partial charge is 0.230 e. The predicted molar refractivity (Wildman–Crippen MR) is 166 cm³/mol. The number of unbranched alkanes of at least 4 members (excludes halogenated alkanes) is 3. The van der Waals surface area contributed by atoms with Crippen molar-refractivity contribution in [2.75, 3.05) is 36.9 Å². The summed E-state index contributed by atoms with van der Waals surface area (Å²) in [7, 11) is 2.33. The molecule has 1 aromatic rings. The van der Waals surface area contributed by atoms with Crippen molar-refractivity contribution in [2.24, 2.45) is 0 Å². The van der Waals surface area contributed by atoms with Gasteiger partial charge >= 0.3 is 0 Å². The van der Waals surface area contributed by atoms with Crippen molar-refractivity contribution in [3.8, 4) is 0 Å². The molecule has 8 nitrogen and oxygen atoms in total. The van der Waals surface area contributed by atoms with Crippen molar-refractivity contribution in [1.82, 2.24) is 30.5 Å². The van der Waals surface area contributed by atoms with Crippen LogP contribution < -0.4 is 20.9 Å². The van der Waals surface area contributed by atoms with Gasteiger partial charge in [-0.15, -0.1) is 0 Å². The summed E-state index contributed by atoms with van der Waals surface area (Å²) in [5.74, 6) is 2.29. The predicted octanol–water partition coefficient (Wildman–Crippen LogP) is 5.53. The van der Waals surface area contributed by atoms with E-state index in [1.807, 2.05) is 6.92 Å². The Balaban J connectivity index is 1.59. The molecule has 3 heterocycles. The first-order valence-corrected chi connectivity index (χ1v) is 15.5. The second kappa shape index (κ2) is 12.6. The Hall–Kier alpha value is -1.51. The largest absolute Gasteiger partial charge is 0.354 e. The first-order valence-electron chi connectivity index (χ1n) is 15.5. The van der Waals surface area contributed by atoms with Gasteiger partial charge in [0.05, 0.1) is 0 Å². The van der Waals surface area contributed by atoms with Crippen LogP contribution in [-0.4, -0.2) is 80.8 Å². The van der Waals surface area contributed by atoms with Gasteiger partial charge in [0.15, 0.2) is 0 Å². The first kappa shape index (κ1) is 32.0. The van der Waals surface area contributed by atoms with Gasteiger partial charge < -0.3 is 25.8 Å². The normalized spacial score (nSPS) is 22.7. The van der Waals surface area contributed by atoms with Crippen LogP contribution in [0.1, 0.15) is 120 Å². The summed E-state index contributed by atoms with van der Waals surface area (Å²) < 4.78 is 0. The lowest BCUT2D eigenvalue weighted by Gasteiger charge is -2.49. The van der Waals surface area contributed by atoms with Gasteiger partial charge in [0.1, 0.15) is 5.82 Å². The SMILES string of the molecule is CCNc1nc(C)nc(N(CCCCCCN(C)C2CC(C)(C)NC(C)(C)C2)C2CC(C)(C)NC(C)(C)C2)n1. The zero-order chi connectivity index (χ0) is 29.1. The second-order valence-electron chi connectivity index (χ2n) is 15.0. The molecular formula is C31H60N8. The third kappa shape index (κ3) is 9.82. The minimum atomic E-state index is 0.0690. The quantitative estimate of drug-likeness (QED) is 0.297. The topological polar surface area (TPSA) is 81.2 Å². The van der Waals surface area contributed by atoms with E-state index in [9.17, 15) is 0 Å². The van der Waals surface area contributed by atoms with Crippen LogP contribution in [0.5, 0.6) is 0 Å². The van der Waals surface area contributed by atoms with Gasteiger partial charge in [0.25, 0.3) is 0 Å². The molecule has 0 spiro atoms. The van der Waals surface area contributed by atoms with E-state index in [-0.39, 0.29) is 22.2 Å². The minimum absolute atomic E-state index is 0.0690. The maximum absolute atomic E-state index is 4.87. The summed E-state index contributed by atoms with van der Waals surface area (Å²) in [5.41, 5.74) is 0.531. The molecule has 0 bridgehead atoms. The van der Waals surface area contributed by atoms with Crippen molar-refractivity contribution < 1.29 is 0 Å². The number of aromatic nitrogens is 3. The molecule has 0 aliphatic carbocycles. The molecule has 2 saturated heterocycles. The molecule has 0 unspecified atom stereocenters. The van der Waals surface area contributed by atoms with Crippen molar-refractivity contribution in [3.63, 3.8) is 0 Å². The second-order valence-corrected chi connectivity index (χ2v) is 15.0. The lowest BCUT2D eigenvalue weighted by atomic mass is 9.79. The summed E-state index contributed by atoms with van der Waals surface area (Å²) in [6, 6.07) is 1.04. The molecule has 1 aromatic heterocycles. The Kier molecular flexibility index (Phi) is 10.3. The van der Waals surface area contributed by atoms with Gasteiger partial charge in [0, 0.05) is 47.3 Å². The number of rotatable bonds is 12. The molecule has 2 aliphatic rings. The third-order valence-electron chi connectivity index (χ3n) is 8.39. The monoisotopic (exact) mass is 544 g/mol. The van der Waals surface area contributed by atoms with Gasteiger partial charge in [-0.25, -0.2) is 0 Å². The number of anilines is 2. The Morgan fingerprint density at radius 1 is 0.718 bits per heavy atom. The van der Waals surface area contributed by atoms with Crippen molar-refractivity contribution in [3.05, 3.63) is 5.82 Å². The van der Waals surface area contributed by atoms with Gasteiger partial charge in [-0.05, 0) is 121 Å². The number of piperidine rings is 2. The summed E-state index contributed by atoms with van der Waals surface area (Å²) in [4.78, 5) is 19.3. The fourth-order valence-electron chi connectivity index (χ4n) is 7.53. The highest BCUT2D eigenvalue weighted by atomic mass is 15.3. The molecule has 0 atom stereocenters. The standard InChI is InChI=1S/C31H60N8/c1-12-32-26-33-23(2)34-27(35-26)39(25-21-30(7,8)37-31(9,10)22-25)18-16-14-13-15-17-38(11)24-19-28(3,4)36-29(5,6)20-24/h24-25,36-37H,12-22H2,1-11H3,(H,32,33,34,35). The van der Waals surface area contributed by atoms with Crippen LogP contribution in [0.4, 0.5) is 11.9 Å². The Morgan fingerprint density at radius 3 is 1.72 bits per heavy atom. The highest BCUT2D eigenvalue weighted by molar-refractivity contribution is 5.39. The minimum Gasteiger partial charge on any atom is -0.354 e. The average molecular weight is 545 g/mol. The van der Waals surface area contributed by atoms with Crippen LogP contribution >= 0.6 is 0 Å². The van der Waals surface area contributed by atoms with E-state index in [0.717, 1.165) is 44.1 Å². The van der Waals surface area contributed by atoms with Crippen molar-refractivity contribution in [1.29, 1.82) is 0 Å². The first-order chi connectivity index (χ1) is 18.0. The van der Waals surface area contributed by atoms with Crippen LogP contribution in [0.25, 0.3) is 0 Å². The van der Waals surface area contributed by atoms with Crippen molar-refractivity contribution >= 4 is 11.9 Å². The van der Waals surface area contributed by atoms with Crippen LogP contribution in [0.2, 0.25) is 0 Å². The number of nitrogens with zero attached hydrogens (tertiary/aromatic N) is 5. The highest BCUT2D eigenvalue weighted by Crippen LogP contribution is 2.34. The molecule has 0 amide bonds. The summed E-state index contributed by atoms with van der Waals surface area (Å²) in [6.45, 7) is 25.7. The molecule has 2 fully saturated rings. The molecule has 2 aliphatic heterocycles. The van der Waals surface area contributed by atoms with E-state index in [2.05, 4.69) is 100 Å². The molecule has 0 radical (unpaired) electrons. The van der Waals surface area contributed by atoms with Gasteiger partial charge in [-0.3, -0.25) is 0 Å². The van der Waals surface area contributed by atoms with Gasteiger partial charge in [-0.1, -0.05) is 12.8 Å². The van der Waals surface area contributed by atoms with E-state index in [1.54, 1.807) is 0 Å². The maximum Gasteiger partial charge on any atom is 0.230 e. The molecule has 39 heavy (non-hydrogen) atoms. The Labute approximate surface area is 239 Å². The van der Waals surface area contributed by atoms with E-state index in [4.69, 9.17) is 9.97 Å². The summed E-state index contributed by atoms with van der Waals surface area (Å²) in [6.07, 6.45) is 9.48. The van der Waals surface area contributed by atoms with Crippen LogP contribution in [0.15, 0.2) is 0 Å². The third-order valence-corrected chi connectivity index (χ3v) is 8.39. The van der Waals surface area contributed by atoms with Crippen LogP contribution in [0.3, 0.4) is 0 Å². The lowest BCUT2D eigenvalue weighted by Crippen LogP contribution is -2.62. The lowest BCUT2D eigenvalue weighted by molar-refractivity contribution is 0.0805. The fourth-order valence-corrected chi connectivity index (χ4v) is 7.53. The summed E-state index contributed by atoms with van der Waals surface area (Å²) in [5, 5.41) is 11.0. The number of nitrogens with one attached hydrogen (secondary N) is 3. The summed E-state index contributed by atoms with van der Waals surface area (Å²) >= 11 is 0. The molecule has 3 N–H and O–H groups in total. The molecule has 224 valence electrons. The van der Waals surface area contributed by atoms with Crippen LogP contribution in [0, 0.1) is 6.92 Å². The van der Waals surface area contributed by atoms with Gasteiger partial charge in [0.2, 0.25) is 11.9 Å². The molecule has 0 saturated carbocycles. The average Bonchev–Trinajstić information content (AvgIpc) is 2.74. The fraction of sp³-hybridized carbons (Fsp3) is 0.903.